The molecular formula is C20H28N6O2S. The second kappa shape index (κ2) is 6.91. The Bertz CT molecular complexity index is 1160. The molecule has 29 heavy (non-hydrogen) atoms. The number of rotatable bonds is 4. The molecule has 8 nitrogen and oxygen atoms in total. The zero-order valence-electron chi connectivity index (χ0n) is 17.6. The lowest BCUT2D eigenvalue weighted by molar-refractivity contribution is 0.384. The maximum absolute atomic E-state index is 13.5. The average molecular weight is 417 g/mol. The minimum atomic E-state index is -3.66. The van der Waals surface area contributed by atoms with Crippen LogP contribution >= 0.6 is 0 Å². The van der Waals surface area contributed by atoms with Crippen LogP contribution in [-0.4, -0.2) is 43.6 Å². The molecule has 4 rings (SSSR count). The van der Waals surface area contributed by atoms with Crippen molar-refractivity contribution in [3.05, 3.63) is 41.6 Å². The molecule has 156 valence electrons. The van der Waals surface area contributed by atoms with E-state index in [9.17, 15) is 8.42 Å². The zero-order chi connectivity index (χ0) is 21.0. The van der Waals surface area contributed by atoms with Gasteiger partial charge < -0.3 is 0 Å². The van der Waals surface area contributed by atoms with Gasteiger partial charge in [0.05, 0.1) is 23.1 Å². The lowest BCUT2D eigenvalue weighted by atomic mass is 9.93. The van der Waals surface area contributed by atoms with E-state index in [0.29, 0.717) is 18.8 Å². The van der Waals surface area contributed by atoms with Crippen molar-refractivity contribution in [2.24, 2.45) is 0 Å². The maximum Gasteiger partial charge on any atom is 0.247 e. The minimum Gasteiger partial charge on any atom is -0.271 e. The molecule has 3 aromatic rings. The van der Waals surface area contributed by atoms with Gasteiger partial charge in [0.1, 0.15) is 4.90 Å². The van der Waals surface area contributed by atoms with Crippen molar-refractivity contribution in [3.63, 3.8) is 0 Å². The third-order valence-electron chi connectivity index (χ3n) is 5.51. The minimum absolute atomic E-state index is 0.113. The molecule has 0 aromatic carbocycles. The molecule has 0 aliphatic carbocycles. The molecule has 1 unspecified atom stereocenters. The lowest BCUT2D eigenvalue weighted by Gasteiger charge is -2.24. The SMILES string of the molecule is CCn1cc(S(=O)(=O)N2CCCC2c2ccnc3cc(C(C)(C)C)nn23)c(C)n1. The molecule has 1 saturated heterocycles. The van der Waals surface area contributed by atoms with E-state index < -0.39 is 10.0 Å². The van der Waals surface area contributed by atoms with Crippen LogP contribution in [0, 0.1) is 6.92 Å². The van der Waals surface area contributed by atoms with Crippen LogP contribution in [0.3, 0.4) is 0 Å². The second-order valence-electron chi connectivity index (χ2n) is 8.63. The Morgan fingerprint density at radius 1 is 1.24 bits per heavy atom. The van der Waals surface area contributed by atoms with E-state index in [-0.39, 0.29) is 16.4 Å². The predicted molar refractivity (Wildman–Crippen MR) is 110 cm³/mol. The fourth-order valence-corrected chi connectivity index (χ4v) is 5.74. The van der Waals surface area contributed by atoms with E-state index in [1.807, 2.05) is 19.1 Å². The number of aromatic nitrogens is 5. The van der Waals surface area contributed by atoms with E-state index in [2.05, 4.69) is 30.9 Å². The van der Waals surface area contributed by atoms with Crippen molar-refractivity contribution in [2.45, 2.75) is 70.4 Å². The highest BCUT2D eigenvalue weighted by Gasteiger charge is 2.39. The molecule has 1 aliphatic heterocycles. The van der Waals surface area contributed by atoms with Crippen molar-refractivity contribution in [2.75, 3.05) is 6.54 Å². The Kier molecular flexibility index (Phi) is 4.77. The molecular weight excluding hydrogens is 388 g/mol. The summed E-state index contributed by atoms with van der Waals surface area (Å²) in [4.78, 5) is 4.73. The smallest absolute Gasteiger partial charge is 0.247 e. The highest BCUT2D eigenvalue weighted by atomic mass is 32.2. The molecule has 0 N–H and O–H groups in total. The van der Waals surface area contributed by atoms with Crippen molar-refractivity contribution in [1.29, 1.82) is 0 Å². The summed E-state index contributed by atoms with van der Waals surface area (Å²) >= 11 is 0. The summed E-state index contributed by atoms with van der Waals surface area (Å²) in [6, 6.07) is 3.59. The molecule has 0 saturated carbocycles. The number of sulfonamides is 1. The average Bonchev–Trinajstić information content (AvgIpc) is 3.38. The van der Waals surface area contributed by atoms with Crippen molar-refractivity contribution >= 4 is 15.7 Å². The number of hydrogen-bond acceptors (Lipinski definition) is 5. The summed E-state index contributed by atoms with van der Waals surface area (Å²) in [5.41, 5.74) is 2.95. The Balaban J connectivity index is 1.79. The lowest BCUT2D eigenvalue weighted by Crippen LogP contribution is -2.32. The first-order valence-corrected chi connectivity index (χ1v) is 11.5. The standard InChI is InChI=1S/C20H28N6O2S/c1-6-24-13-17(14(2)22-24)29(27,28)25-11-7-8-15(25)16-9-10-21-19-12-18(20(3,4)5)23-26(16)19/h9-10,12-13,15H,6-8,11H2,1-5H3. The number of nitrogens with zero attached hydrogens (tertiary/aromatic N) is 6. The first-order chi connectivity index (χ1) is 13.6. The Morgan fingerprint density at radius 3 is 2.66 bits per heavy atom. The van der Waals surface area contributed by atoms with E-state index in [1.54, 1.807) is 32.8 Å². The third-order valence-corrected chi connectivity index (χ3v) is 7.52. The second-order valence-corrected chi connectivity index (χ2v) is 10.5. The van der Waals surface area contributed by atoms with Crippen LogP contribution in [0.5, 0.6) is 0 Å². The molecule has 1 atom stereocenters. The van der Waals surface area contributed by atoms with Gasteiger partial charge in [-0.3, -0.25) is 4.68 Å². The highest BCUT2D eigenvalue weighted by Crippen LogP contribution is 2.37. The van der Waals surface area contributed by atoms with Gasteiger partial charge in [-0.25, -0.2) is 17.9 Å². The van der Waals surface area contributed by atoms with Crippen LogP contribution in [0.2, 0.25) is 0 Å². The van der Waals surface area contributed by atoms with Crippen molar-refractivity contribution in [3.8, 4) is 0 Å². The number of hydrogen-bond donors (Lipinski definition) is 0. The quantitative estimate of drug-likeness (QED) is 0.652. The zero-order valence-corrected chi connectivity index (χ0v) is 18.4. The Labute approximate surface area is 171 Å². The molecule has 0 bridgehead atoms. The monoisotopic (exact) mass is 416 g/mol. The van der Waals surface area contributed by atoms with Gasteiger partial charge in [-0.15, -0.1) is 0 Å². The summed E-state index contributed by atoms with van der Waals surface area (Å²) in [6.45, 7) is 11.1. The van der Waals surface area contributed by atoms with Gasteiger partial charge in [-0.1, -0.05) is 20.8 Å². The summed E-state index contributed by atoms with van der Waals surface area (Å²) in [5.74, 6) is 0. The van der Waals surface area contributed by atoms with Gasteiger partial charge in [0.2, 0.25) is 10.0 Å². The highest BCUT2D eigenvalue weighted by molar-refractivity contribution is 7.89. The van der Waals surface area contributed by atoms with Gasteiger partial charge in [0.15, 0.2) is 5.65 Å². The number of fused-ring (bicyclic) bond motifs is 1. The first kappa shape index (κ1) is 20.0. The summed E-state index contributed by atoms with van der Waals surface area (Å²) in [6.07, 6.45) is 4.93. The Morgan fingerprint density at radius 2 is 2.00 bits per heavy atom. The molecule has 1 fully saturated rings. The van der Waals surface area contributed by atoms with Gasteiger partial charge in [0.25, 0.3) is 0 Å². The summed E-state index contributed by atoms with van der Waals surface area (Å²) < 4.78 is 32.1. The van der Waals surface area contributed by atoms with Gasteiger partial charge in [0, 0.05) is 37.0 Å². The van der Waals surface area contributed by atoms with E-state index >= 15 is 0 Å². The Hall–Kier alpha value is -2.26. The molecule has 4 heterocycles. The fraction of sp³-hybridized carbons (Fsp3) is 0.550. The fourth-order valence-electron chi connectivity index (χ4n) is 3.90. The van der Waals surface area contributed by atoms with Crippen LogP contribution in [0.1, 0.15) is 63.7 Å². The summed E-state index contributed by atoms with van der Waals surface area (Å²) in [7, 11) is -3.66. The third kappa shape index (κ3) is 3.36. The van der Waals surface area contributed by atoms with Crippen LogP contribution in [0.4, 0.5) is 0 Å². The summed E-state index contributed by atoms with van der Waals surface area (Å²) in [5, 5.41) is 9.10. The molecule has 0 radical (unpaired) electrons. The van der Waals surface area contributed by atoms with Crippen LogP contribution < -0.4 is 0 Å². The largest absolute Gasteiger partial charge is 0.271 e. The molecule has 0 amide bonds. The topological polar surface area (TPSA) is 85.4 Å². The van der Waals surface area contributed by atoms with Crippen LogP contribution in [0.25, 0.3) is 5.65 Å². The van der Waals surface area contributed by atoms with Gasteiger partial charge in [-0.2, -0.15) is 14.5 Å². The maximum atomic E-state index is 13.5. The normalized spacial score (nSPS) is 18.7. The van der Waals surface area contributed by atoms with Gasteiger partial charge in [-0.05, 0) is 32.8 Å². The van der Waals surface area contributed by atoms with E-state index in [4.69, 9.17) is 5.10 Å². The van der Waals surface area contributed by atoms with E-state index in [1.165, 1.54) is 0 Å². The molecule has 1 aliphatic rings. The predicted octanol–water partition coefficient (Wildman–Crippen LogP) is 3.08. The molecule has 0 spiro atoms. The van der Waals surface area contributed by atoms with Crippen LogP contribution in [-0.2, 0) is 22.0 Å². The van der Waals surface area contributed by atoms with E-state index in [0.717, 1.165) is 29.9 Å². The van der Waals surface area contributed by atoms with Crippen molar-refractivity contribution < 1.29 is 8.42 Å². The molecule has 9 heteroatoms. The molecule has 3 aromatic heterocycles. The van der Waals surface area contributed by atoms with Crippen molar-refractivity contribution in [1.82, 2.24) is 28.7 Å². The number of aryl methyl sites for hydroxylation is 2. The first-order valence-electron chi connectivity index (χ1n) is 10.0. The van der Waals surface area contributed by atoms with Crippen LogP contribution in [0.15, 0.2) is 29.4 Å². The van der Waals surface area contributed by atoms with Gasteiger partial charge >= 0.3 is 0 Å².